The minimum Gasteiger partial charge on any atom is -0.445 e. The fraction of sp³-hybridized carbons (Fsp3) is 0.100. The molecule has 1 N–H and O–H groups in total. The number of benzene rings is 1. The number of amides is 1. The van der Waals surface area contributed by atoms with E-state index in [1.54, 1.807) is 6.07 Å². The summed E-state index contributed by atoms with van der Waals surface area (Å²) in [7, 11) is 0. The van der Waals surface area contributed by atoms with E-state index in [1.165, 1.54) is 6.08 Å². The number of hydrogen-bond donors (Lipinski definition) is 1. The largest absolute Gasteiger partial charge is 0.445 e. The number of nitrogens with one attached hydrogen (secondary N) is 1. The Morgan fingerprint density at radius 1 is 1.64 bits per heavy atom. The molecule has 1 aromatic rings. The first kappa shape index (κ1) is 11.0. The van der Waals surface area contributed by atoms with Crippen LogP contribution in [0.2, 0.25) is 0 Å². The SMILES string of the molecule is C=CCOC(=O)Nc1cccc(I)c1. The van der Waals surface area contributed by atoms with Gasteiger partial charge in [0.15, 0.2) is 0 Å². The average Bonchev–Trinajstić information content (AvgIpc) is 2.15. The van der Waals surface area contributed by atoms with Crippen molar-refractivity contribution in [3.63, 3.8) is 0 Å². The summed E-state index contributed by atoms with van der Waals surface area (Å²) in [6.45, 7) is 3.67. The third-order valence-electron chi connectivity index (χ3n) is 1.40. The van der Waals surface area contributed by atoms with Gasteiger partial charge in [0.05, 0.1) is 0 Å². The molecule has 0 saturated carbocycles. The summed E-state index contributed by atoms with van der Waals surface area (Å²) in [6, 6.07) is 7.47. The standard InChI is InChI=1S/C10H10INO2/c1-2-6-14-10(13)12-9-5-3-4-8(11)7-9/h2-5,7H,1,6H2,(H,12,13). The second kappa shape index (κ2) is 5.64. The van der Waals surface area contributed by atoms with E-state index in [0.717, 1.165) is 9.26 Å². The Labute approximate surface area is 96.3 Å². The maximum atomic E-state index is 11.1. The Kier molecular flexibility index (Phi) is 4.45. The lowest BCUT2D eigenvalue weighted by atomic mass is 10.3. The van der Waals surface area contributed by atoms with Gasteiger partial charge in [-0.15, -0.1) is 0 Å². The summed E-state index contributed by atoms with van der Waals surface area (Å²) in [5, 5.41) is 2.60. The lowest BCUT2D eigenvalue weighted by Crippen LogP contribution is -2.13. The molecule has 74 valence electrons. The molecule has 14 heavy (non-hydrogen) atoms. The summed E-state index contributed by atoms with van der Waals surface area (Å²) < 4.78 is 5.82. The molecule has 1 aromatic carbocycles. The average molecular weight is 303 g/mol. The Morgan fingerprint density at radius 3 is 3.07 bits per heavy atom. The highest BCUT2D eigenvalue weighted by Crippen LogP contribution is 2.12. The van der Waals surface area contributed by atoms with Crippen LogP contribution in [0.1, 0.15) is 0 Å². The molecule has 0 spiro atoms. The molecule has 0 fully saturated rings. The van der Waals surface area contributed by atoms with Crippen LogP contribution in [0.15, 0.2) is 36.9 Å². The van der Waals surface area contributed by atoms with E-state index in [-0.39, 0.29) is 6.61 Å². The smallest absolute Gasteiger partial charge is 0.411 e. The van der Waals surface area contributed by atoms with E-state index in [0.29, 0.717) is 0 Å². The maximum absolute atomic E-state index is 11.1. The third-order valence-corrected chi connectivity index (χ3v) is 2.07. The van der Waals surface area contributed by atoms with Gasteiger partial charge in [-0.25, -0.2) is 4.79 Å². The van der Waals surface area contributed by atoms with Crippen LogP contribution in [0.25, 0.3) is 0 Å². The van der Waals surface area contributed by atoms with E-state index in [4.69, 9.17) is 4.74 Å². The molecule has 0 bridgehead atoms. The van der Waals surface area contributed by atoms with Crippen LogP contribution in [-0.4, -0.2) is 12.7 Å². The van der Waals surface area contributed by atoms with E-state index in [2.05, 4.69) is 34.5 Å². The van der Waals surface area contributed by atoms with E-state index >= 15 is 0 Å². The molecule has 0 unspecified atom stereocenters. The summed E-state index contributed by atoms with van der Waals surface area (Å²) in [4.78, 5) is 11.1. The molecule has 0 aliphatic carbocycles. The van der Waals surface area contributed by atoms with Gasteiger partial charge in [-0.1, -0.05) is 18.7 Å². The second-order valence-corrected chi connectivity index (χ2v) is 3.77. The van der Waals surface area contributed by atoms with Crippen molar-refractivity contribution in [3.05, 3.63) is 40.5 Å². The fourth-order valence-corrected chi connectivity index (χ4v) is 1.40. The van der Waals surface area contributed by atoms with Crippen molar-refractivity contribution in [1.29, 1.82) is 0 Å². The van der Waals surface area contributed by atoms with Gasteiger partial charge in [0.2, 0.25) is 0 Å². The van der Waals surface area contributed by atoms with Crippen molar-refractivity contribution in [2.75, 3.05) is 11.9 Å². The van der Waals surface area contributed by atoms with Crippen molar-refractivity contribution >= 4 is 34.4 Å². The van der Waals surface area contributed by atoms with Crippen molar-refractivity contribution in [2.24, 2.45) is 0 Å². The molecular formula is C10H10INO2. The molecule has 1 amide bonds. The van der Waals surface area contributed by atoms with Crippen LogP contribution >= 0.6 is 22.6 Å². The monoisotopic (exact) mass is 303 g/mol. The minimum absolute atomic E-state index is 0.218. The highest BCUT2D eigenvalue weighted by Gasteiger charge is 2.01. The first-order chi connectivity index (χ1) is 6.72. The van der Waals surface area contributed by atoms with Crippen LogP contribution in [0.3, 0.4) is 0 Å². The Morgan fingerprint density at radius 2 is 2.43 bits per heavy atom. The van der Waals surface area contributed by atoms with Crippen LogP contribution in [0.4, 0.5) is 10.5 Å². The molecule has 0 saturated heterocycles. The molecule has 4 heteroatoms. The van der Waals surface area contributed by atoms with E-state index in [9.17, 15) is 4.79 Å². The zero-order valence-electron chi connectivity index (χ0n) is 7.50. The van der Waals surface area contributed by atoms with Crippen molar-refractivity contribution in [3.8, 4) is 0 Å². The van der Waals surface area contributed by atoms with E-state index < -0.39 is 6.09 Å². The minimum atomic E-state index is -0.466. The number of carbonyl (C=O) groups excluding carboxylic acids is 1. The molecule has 0 aromatic heterocycles. The second-order valence-electron chi connectivity index (χ2n) is 2.52. The molecule has 3 nitrogen and oxygen atoms in total. The summed E-state index contributed by atoms with van der Waals surface area (Å²) in [5.41, 5.74) is 0.728. The number of rotatable bonds is 3. The first-order valence-electron chi connectivity index (χ1n) is 4.02. The molecule has 0 heterocycles. The van der Waals surface area contributed by atoms with Crippen molar-refractivity contribution < 1.29 is 9.53 Å². The van der Waals surface area contributed by atoms with Crippen LogP contribution in [0, 0.1) is 3.57 Å². The van der Waals surface area contributed by atoms with Gasteiger partial charge in [-0.2, -0.15) is 0 Å². The summed E-state index contributed by atoms with van der Waals surface area (Å²) in [6.07, 6.45) is 1.06. The topological polar surface area (TPSA) is 38.3 Å². The van der Waals surface area contributed by atoms with Crippen LogP contribution < -0.4 is 5.32 Å². The van der Waals surface area contributed by atoms with Gasteiger partial charge in [0.1, 0.15) is 6.61 Å². The van der Waals surface area contributed by atoms with Crippen molar-refractivity contribution in [1.82, 2.24) is 0 Å². The first-order valence-corrected chi connectivity index (χ1v) is 5.10. The highest BCUT2D eigenvalue weighted by atomic mass is 127. The quantitative estimate of drug-likeness (QED) is 0.688. The molecule has 1 rings (SSSR count). The predicted octanol–water partition coefficient (Wildman–Crippen LogP) is 3.03. The van der Waals surface area contributed by atoms with Crippen molar-refractivity contribution in [2.45, 2.75) is 0 Å². The Hall–Kier alpha value is -1.04. The highest BCUT2D eigenvalue weighted by molar-refractivity contribution is 14.1. The van der Waals surface area contributed by atoms with E-state index in [1.807, 2.05) is 18.2 Å². The number of anilines is 1. The Bertz CT molecular complexity index is 339. The van der Waals surface area contributed by atoms with Gasteiger partial charge in [0, 0.05) is 9.26 Å². The van der Waals surface area contributed by atoms with Gasteiger partial charge in [-0.05, 0) is 40.8 Å². The predicted molar refractivity (Wildman–Crippen MR) is 64.3 cm³/mol. The zero-order valence-corrected chi connectivity index (χ0v) is 9.65. The lowest BCUT2D eigenvalue weighted by Gasteiger charge is -2.04. The molecule has 0 aliphatic rings. The third kappa shape index (κ3) is 3.78. The maximum Gasteiger partial charge on any atom is 0.411 e. The fourth-order valence-electron chi connectivity index (χ4n) is 0.855. The molecule has 0 atom stereocenters. The number of carbonyl (C=O) groups is 1. The normalized spacial score (nSPS) is 9.21. The zero-order chi connectivity index (χ0) is 10.4. The molecule has 0 radical (unpaired) electrons. The number of ether oxygens (including phenoxy) is 1. The summed E-state index contributed by atoms with van der Waals surface area (Å²) in [5.74, 6) is 0. The molecular weight excluding hydrogens is 293 g/mol. The lowest BCUT2D eigenvalue weighted by molar-refractivity contribution is 0.174. The van der Waals surface area contributed by atoms with Gasteiger partial charge in [0.25, 0.3) is 0 Å². The Balaban J connectivity index is 2.51. The number of hydrogen-bond acceptors (Lipinski definition) is 2. The van der Waals surface area contributed by atoms with Gasteiger partial charge < -0.3 is 4.74 Å². The van der Waals surface area contributed by atoms with Crippen LogP contribution in [0.5, 0.6) is 0 Å². The molecule has 0 aliphatic heterocycles. The number of halogens is 1. The van der Waals surface area contributed by atoms with Gasteiger partial charge in [-0.3, -0.25) is 5.32 Å². The summed E-state index contributed by atoms with van der Waals surface area (Å²) >= 11 is 2.17. The van der Waals surface area contributed by atoms with Gasteiger partial charge >= 0.3 is 6.09 Å². The van der Waals surface area contributed by atoms with Crippen LogP contribution in [-0.2, 0) is 4.74 Å².